The van der Waals surface area contributed by atoms with Gasteiger partial charge in [-0.25, -0.2) is 0 Å². The summed E-state index contributed by atoms with van der Waals surface area (Å²) in [6.45, 7) is 0.683. The number of halogens is 2. The number of likely N-dealkylation sites (N-methyl/N-ethyl adjacent to an activating group) is 1. The van der Waals surface area contributed by atoms with E-state index in [1.165, 1.54) is 6.42 Å². The lowest BCUT2D eigenvalue weighted by Crippen LogP contribution is -2.57. The van der Waals surface area contributed by atoms with E-state index in [9.17, 15) is 4.79 Å². The molecule has 1 aliphatic carbocycles. The second-order valence-electron chi connectivity index (χ2n) is 5.31. The van der Waals surface area contributed by atoms with E-state index in [-0.39, 0.29) is 11.4 Å². The van der Waals surface area contributed by atoms with Crippen LogP contribution in [-0.2, 0) is 0 Å². The lowest BCUT2D eigenvalue weighted by molar-refractivity contribution is 0.0557. The van der Waals surface area contributed by atoms with Crippen LogP contribution in [0.3, 0.4) is 0 Å². The van der Waals surface area contributed by atoms with Crippen LogP contribution >= 0.6 is 27.5 Å². The maximum atomic E-state index is 12.1. The van der Waals surface area contributed by atoms with E-state index >= 15 is 0 Å². The molecule has 0 atom stereocenters. The van der Waals surface area contributed by atoms with Gasteiger partial charge < -0.3 is 10.2 Å². The van der Waals surface area contributed by atoms with Crippen molar-refractivity contribution < 1.29 is 4.79 Å². The number of rotatable bonds is 4. The van der Waals surface area contributed by atoms with Crippen LogP contribution in [-0.4, -0.2) is 37.0 Å². The Morgan fingerprint density at radius 2 is 2.11 bits per heavy atom. The minimum absolute atomic E-state index is 0.0728. The summed E-state index contributed by atoms with van der Waals surface area (Å²) in [5.41, 5.74) is 0.721. The maximum Gasteiger partial charge on any atom is 0.251 e. The van der Waals surface area contributed by atoms with Gasteiger partial charge in [0.25, 0.3) is 5.91 Å². The molecule has 0 saturated heterocycles. The lowest BCUT2D eigenvalue weighted by atomic mass is 9.75. The standard InChI is InChI=1S/C14H18BrClN2O/c1-18(2)14(4-3-5-14)9-17-13(19)10-6-11(15)8-12(16)7-10/h6-8H,3-5,9H2,1-2H3,(H,17,19). The summed E-state index contributed by atoms with van der Waals surface area (Å²) in [4.78, 5) is 14.4. The molecule has 0 aliphatic heterocycles. The van der Waals surface area contributed by atoms with E-state index in [1.807, 2.05) is 0 Å². The molecule has 104 valence electrons. The van der Waals surface area contributed by atoms with Crippen LogP contribution in [0, 0.1) is 0 Å². The minimum atomic E-state index is -0.0728. The summed E-state index contributed by atoms with van der Waals surface area (Å²) in [7, 11) is 4.14. The summed E-state index contributed by atoms with van der Waals surface area (Å²) in [6.07, 6.45) is 3.51. The molecule has 1 aliphatic rings. The van der Waals surface area contributed by atoms with Crippen LogP contribution in [0.4, 0.5) is 0 Å². The zero-order chi connectivity index (χ0) is 14.0. The molecular weight excluding hydrogens is 328 g/mol. The molecule has 1 aromatic carbocycles. The average Bonchev–Trinajstić information content (AvgIpc) is 2.25. The zero-order valence-corrected chi connectivity index (χ0v) is 13.5. The van der Waals surface area contributed by atoms with Crippen LogP contribution in [0.15, 0.2) is 22.7 Å². The maximum absolute atomic E-state index is 12.1. The predicted octanol–water partition coefficient (Wildman–Crippen LogP) is 3.32. The van der Waals surface area contributed by atoms with Crippen LogP contribution < -0.4 is 5.32 Å². The highest BCUT2D eigenvalue weighted by Gasteiger charge is 2.39. The van der Waals surface area contributed by atoms with Gasteiger partial charge in [-0.15, -0.1) is 0 Å². The van der Waals surface area contributed by atoms with Crippen LogP contribution in [0.25, 0.3) is 0 Å². The van der Waals surface area contributed by atoms with Gasteiger partial charge in [0.05, 0.1) is 0 Å². The number of carbonyl (C=O) groups excluding carboxylic acids is 1. The van der Waals surface area contributed by atoms with E-state index in [2.05, 4.69) is 40.2 Å². The minimum Gasteiger partial charge on any atom is -0.350 e. The molecule has 1 aromatic rings. The van der Waals surface area contributed by atoms with Gasteiger partial charge in [0, 0.05) is 27.1 Å². The number of carbonyl (C=O) groups is 1. The van der Waals surface area contributed by atoms with Crippen LogP contribution in [0.2, 0.25) is 5.02 Å². The number of nitrogens with one attached hydrogen (secondary N) is 1. The van der Waals surface area contributed by atoms with Gasteiger partial charge in [-0.2, -0.15) is 0 Å². The SMILES string of the molecule is CN(C)C1(CNC(=O)c2cc(Cl)cc(Br)c2)CCC1. The summed E-state index contributed by atoms with van der Waals surface area (Å²) < 4.78 is 0.816. The van der Waals surface area contributed by atoms with Crippen molar-refractivity contribution in [1.82, 2.24) is 10.2 Å². The summed E-state index contributed by atoms with van der Waals surface area (Å²) in [6, 6.07) is 5.24. The molecule has 0 bridgehead atoms. The van der Waals surface area contributed by atoms with Crippen molar-refractivity contribution in [2.75, 3.05) is 20.6 Å². The molecule has 3 nitrogen and oxygen atoms in total. The number of nitrogens with zero attached hydrogens (tertiary/aromatic N) is 1. The molecule has 0 unspecified atom stereocenters. The molecule has 0 radical (unpaired) electrons. The first-order valence-corrected chi connectivity index (χ1v) is 7.52. The first-order chi connectivity index (χ1) is 8.93. The fourth-order valence-corrected chi connectivity index (χ4v) is 3.26. The van der Waals surface area contributed by atoms with E-state index in [1.54, 1.807) is 18.2 Å². The first-order valence-electron chi connectivity index (χ1n) is 6.35. The largest absolute Gasteiger partial charge is 0.350 e. The highest BCUT2D eigenvalue weighted by Crippen LogP contribution is 2.35. The summed E-state index contributed by atoms with van der Waals surface area (Å²) in [5, 5.41) is 3.58. The lowest BCUT2D eigenvalue weighted by Gasteiger charge is -2.47. The van der Waals surface area contributed by atoms with Crippen LogP contribution in [0.1, 0.15) is 29.6 Å². The smallest absolute Gasteiger partial charge is 0.251 e. The average molecular weight is 346 g/mol. The van der Waals surface area contributed by atoms with Crippen LogP contribution in [0.5, 0.6) is 0 Å². The molecule has 2 rings (SSSR count). The molecule has 0 heterocycles. The third kappa shape index (κ3) is 3.30. The Bertz CT molecular complexity index is 466. The van der Waals surface area contributed by atoms with Gasteiger partial charge in [-0.1, -0.05) is 27.5 Å². The Morgan fingerprint density at radius 3 is 2.58 bits per heavy atom. The number of benzene rings is 1. The van der Waals surface area contributed by atoms with Gasteiger partial charge in [0.2, 0.25) is 0 Å². The van der Waals surface area contributed by atoms with Gasteiger partial charge in [0.1, 0.15) is 0 Å². The number of amides is 1. The first kappa shape index (κ1) is 14.8. The second kappa shape index (κ2) is 5.81. The Balaban J connectivity index is 2.01. The third-order valence-corrected chi connectivity index (χ3v) is 4.61. The molecular formula is C14H18BrClN2O. The van der Waals surface area contributed by atoms with E-state index in [4.69, 9.17) is 11.6 Å². The molecule has 0 spiro atoms. The molecule has 5 heteroatoms. The third-order valence-electron chi connectivity index (χ3n) is 3.94. The van der Waals surface area contributed by atoms with E-state index < -0.39 is 0 Å². The van der Waals surface area contributed by atoms with Gasteiger partial charge in [-0.05, 0) is 51.6 Å². The Morgan fingerprint density at radius 1 is 1.42 bits per heavy atom. The monoisotopic (exact) mass is 344 g/mol. The fraction of sp³-hybridized carbons (Fsp3) is 0.500. The zero-order valence-electron chi connectivity index (χ0n) is 11.2. The molecule has 19 heavy (non-hydrogen) atoms. The normalized spacial score (nSPS) is 17.1. The van der Waals surface area contributed by atoms with Crippen molar-refractivity contribution in [3.05, 3.63) is 33.3 Å². The summed E-state index contributed by atoms with van der Waals surface area (Å²) in [5.74, 6) is -0.0728. The van der Waals surface area contributed by atoms with Crippen molar-refractivity contribution in [2.24, 2.45) is 0 Å². The highest BCUT2D eigenvalue weighted by molar-refractivity contribution is 9.10. The quantitative estimate of drug-likeness (QED) is 0.908. The number of hydrogen-bond donors (Lipinski definition) is 1. The van der Waals surface area contributed by atoms with Crippen molar-refractivity contribution in [2.45, 2.75) is 24.8 Å². The number of hydrogen-bond acceptors (Lipinski definition) is 2. The molecule has 0 aromatic heterocycles. The van der Waals surface area contributed by atoms with Gasteiger partial charge >= 0.3 is 0 Å². The predicted molar refractivity (Wildman–Crippen MR) is 81.8 cm³/mol. The van der Waals surface area contributed by atoms with E-state index in [0.717, 1.165) is 17.3 Å². The Labute approximate surface area is 127 Å². The second-order valence-corrected chi connectivity index (χ2v) is 6.67. The van der Waals surface area contributed by atoms with Gasteiger partial charge in [-0.3, -0.25) is 4.79 Å². The topological polar surface area (TPSA) is 32.3 Å². The van der Waals surface area contributed by atoms with Crippen molar-refractivity contribution in [3.8, 4) is 0 Å². The molecule has 1 N–H and O–H groups in total. The van der Waals surface area contributed by atoms with Gasteiger partial charge in [0.15, 0.2) is 0 Å². The molecule has 1 saturated carbocycles. The fourth-order valence-electron chi connectivity index (χ4n) is 2.40. The highest BCUT2D eigenvalue weighted by atomic mass is 79.9. The van der Waals surface area contributed by atoms with Crippen molar-refractivity contribution >= 4 is 33.4 Å². The summed E-state index contributed by atoms with van der Waals surface area (Å²) >= 11 is 9.30. The molecule has 1 amide bonds. The van der Waals surface area contributed by atoms with Crippen molar-refractivity contribution in [3.63, 3.8) is 0 Å². The molecule has 1 fully saturated rings. The van der Waals surface area contributed by atoms with Crippen molar-refractivity contribution in [1.29, 1.82) is 0 Å². The van der Waals surface area contributed by atoms with E-state index in [0.29, 0.717) is 17.1 Å². The Hall–Kier alpha value is -0.580. The Kier molecular flexibility index (Phi) is 4.54.